The number of para-hydroxylation sites is 1. The van der Waals surface area contributed by atoms with Gasteiger partial charge in [-0.2, -0.15) is 19.9 Å². The number of nitrogens with zero attached hydrogens (tertiary/aromatic N) is 5. The van der Waals surface area contributed by atoms with Crippen molar-refractivity contribution >= 4 is 22.8 Å². The van der Waals surface area contributed by atoms with Crippen molar-refractivity contribution in [1.29, 1.82) is 0 Å². The van der Waals surface area contributed by atoms with Gasteiger partial charge in [-0.05, 0) is 50.2 Å². The summed E-state index contributed by atoms with van der Waals surface area (Å²) in [5, 5.41) is 11.8. The predicted molar refractivity (Wildman–Crippen MR) is 133 cm³/mol. The third-order valence-corrected chi connectivity index (χ3v) is 5.23. The molecule has 5 aromatic rings. The van der Waals surface area contributed by atoms with Gasteiger partial charge >= 0.3 is 0 Å². The number of H-pyrrole nitrogens is 1. The highest BCUT2D eigenvalue weighted by Gasteiger charge is 2.17. The van der Waals surface area contributed by atoms with E-state index in [1.807, 2.05) is 37.3 Å². The summed E-state index contributed by atoms with van der Waals surface area (Å²) in [6, 6.07) is 18.0. The van der Waals surface area contributed by atoms with Crippen LogP contribution in [-0.2, 0) is 4.79 Å². The number of carbonyl (C=O) groups excluding carboxylic acids is 1. The lowest BCUT2D eigenvalue weighted by atomic mass is 10.3. The maximum Gasteiger partial charge on any atom is 0.263 e. The zero-order valence-electron chi connectivity index (χ0n) is 19.6. The van der Waals surface area contributed by atoms with Gasteiger partial charge in [0.15, 0.2) is 12.3 Å². The zero-order chi connectivity index (χ0) is 25.1. The van der Waals surface area contributed by atoms with Crippen LogP contribution in [0.4, 0.5) is 5.82 Å². The molecule has 0 aliphatic carbocycles. The van der Waals surface area contributed by atoms with Gasteiger partial charge < -0.3 is 14.8 Å². The first kappa shape index (κ1) is 22.8. The fourth-order valence-electron chi connectivity index (χ4n) is 3.64. The van der Waals surface area contributed by atoms with E-state index < -0.39 is 5.91 Å². The van der Waals surface area contributed by atoms with E-state index in [-0.39, 0.29) is 18.1 Å². The second-order valence-electron chi connectivity index (χ2n) is 7.84. The SMILES string of the molecule is CCOc1ccc(OCC(=O)Nc2cc(C)nn2-c2nc3c(cnn3-c3ccccc3)c(=O)[nH]2)cc1. The molecule has 0 bridgehead atoms. The molecular formula is C25H23N7O4. The number of anilines is 1. The second kappa shape index (κ2) is 9.74. The van der Waals surface area contributed by atoms with Gasteiger partial charge in [0.1, 0.15) is 22.7 Å². The van der Waals surface area contributed by atoms with Gasteiger partial charge in [0.2, 0.25) is 5.95 Å². The van der Waals surface area contributed by atoms with E-state index >= 15 is 0 Å². The van der Waals surface area contributed by atoms with E-state index in [1.54, 1.807) is 41.9 Å². The molecule has 0 aliphatic rings. The monoisotopic (exact) mass is 485 g/mol. The Kier molecular flexibility index (Phi) is 6.18. The third-order valence-electron chi connectivity index (χ3n) is 5.23. The van der Waals surface area contributed by atoms with Gasteiger partial charge in [-0.1, -0.05) is 18.2 Å². The van der Waals surface area contributed by atoms with Crippen LogP contribution in [-0.4, -0.2) is 48.6 Å². The van der Waals surface area contributed by atoms with Crippen molar-refractivity contribution in [2.45, 2.75) is 13.8 Å². The Morgan fingerprint density at radius 2 is 1.75 bits per heavy atom. The van der Waals surface area contributed by atoms with Crippen LogP contribution < -0.4 is 20.3 Å². The van der Waals surface area contributed by atoms with Crippen LogP contribution in [0.2, 0.25) is 0 Å². The van der Waals surface area contributed by atoms with Crippen LogP contribution in [0.25, 0.3) is 22.7 Å². The summed E-state index contributed by atoms with van der Waals surface area (Å²) in [4.78, 5) is 32.7. The maximum absolute atomic E-state index is 12.8. The van der Waals surface area contributed by atoms with Gasteiger partial charge in [0.25, 0.3) is 11.5 Å². The lowest BCUT2D eigenvalue weighted by Crippen LogP contribution is -2.23. The number of nitrogens with one attached hydrogen (secondary N) is 2. The standard InChI is InChI=1S/C25H23N7O4/c1-3-35-18-9-11-19(12-10-18)36-15-22(33)27-21-13-16(2)30-32(21)25-28-23-20(24(34)29-25)14-26-31(23)17-7-5-4-6-8-17/h4-14H,3,15H2,1-2H3,(H,27,33)(H,28,29,34). The minimum absolute atomic E-state index is 0.140. The molecule has 11 heteroatoms. The van der Waals surface area contributed by atoms with E-state index in [0.717, 1.165) is 11.4 Å². The van der Waals surface area contributed by atoms with Crippen LogP contribution in [0.15, 0.2) is 71.7 Å². The van der Waals surface area contributed by atoms with Crippen molar-refractivity contribution in [2.24, 2.45) is 0 Å². The molecule has 11 nitrogen and oxygen atoms in total. The summed E-state index contributed by atoms with van der Waals surface area (Å²) in [7, 11) is 0. The topological polar surface area (TPSA) is 129 Å². The van der Waals surface area contributed by atoms with Crippen molar-refractivity contribution in [1.82, 2.24) is 29.5 Å². The van der Waals surface area contributed by atoms with Crippen molar-refractivity contribution in [3.8, 4) is 23.1 Å². The molecule has 2 aromatic carbocycles. The van der Waals surface area contributed by atoms with Crippen LogP contribution in [0.5, 0.6) is 11.5 Å². The highest BCUT2D eigenvalue weighted by Crippen LogP contribution is 2.19. The van der Waals surface area contributed by atoms with Crippen molar-refractivity contribution in [3.63, 3.8) is 0 Å². The Balaban J connectivity index is 1.38. The van der Waals surface area contributed by atoms with Gasteiger partial charge in [-0.3, -0.25) is 14.6 Å². The summed E-state index contributed by atoms with van der Waals surface area (Å²) in [5.41, 5.74) is 1.37. The molecule has 0 radical (unpaired) electrons. The number of aromatic amines is 1. The quantitative estimate of drug-likeness (QED) is 0.346. The van der Waals surface area contributed by atoms with Gasteiger partial charge in [-0.15, -0.1) is 0 Å². The van der Waals surface area contributed by atoms with E-state index in [2.05, 4.69) is 25.5 Å². The minimum atomic E-state index is -0.400. The zero-order valence-corrected chi connectivity index (χ0v) is 19.6. The molecule has 0 spiro atoms. The van der Waals surface area contributed by atoms with Gasteiger partial charge in [0, 0.05) is 6.07 Å². The van der Waals surface area contributed by atoms with Crippen LogP contribution in [0.1, 0.15) is 12.6 Å². The number of ether oxygens (including phenoxy) is 2. The Morgan fingerprint density at radius 1 is 1.03 bits per heavy atom. The molecule has 0 aliphatic heterocycles. The smallest absolute Gasteiger partial charge is 0.263 e. The summed E-state index contributed by atoms with van der Waals surface area (Å²) < 4.78 is 13.9. The normalized spacial score (nSPS) is 10.9. The van der Waals surface area contributed by atoms with Crippen molar-refractivity contribution in [3.05, 3.63) is 82.9 Å². The molecule has 3 aromatic heterocycles. The number of aryl methyl sites for hydroxylation is 1. The number of aromatic nitrogens is 6. The Hall–Kier alpha value is -4.93. The van der Waals surface area contributed by atoms with Crippen LogP contribution >= 0.6 is 0 Å². The average molecular weight is 486 g/mol. The van der Waals surface area contributed by atoms with Crippen molar-refractivity contribution in [2.75, 3.05) is 18.5 Å². The lowest BCUT2D eigenvalue weighted by molar-refractivity contribution is -0.118. The summed E-state index contributed by atoms with van der Waals surface area (Å²) in [5.74, 6) is 1.33. The van der Waals surface area contributed by atoms with Gasteiger partial charge in [-0.25, -0.2) is 4.68 Å². The first-order chi connectivity index (χ1) is 17.5. The predicted octanol–water partition coefficient (Wildman–Crippen LogP) is 3.02. The number of amides is 1. The minimum Gasteiger partial charge on any atom is -0.494 e. The van der Waals surface area contributed by atoms with E-state index in [0.29, 0.717) is 34.9 Å². The molecule has 0 fully saturated rings. The number of rotatable bonds is 8. The Morgan fingerprint density at radius 3 is 2.47 bits per heavy atom. The van der Waals surface area contributed by atoms with Gasteiger partial charge in [0.05, 0.1) is 24.2 Å². The first-order valence-electron chi connectivity index (χ1n) is 11.3. The number of hydrogen-bond donors (Lipinski definition) is 2. The molecule has 2 N–H and O–H groups in total. The first-order valence-corrected chi connectivity index (χ1v) is 11.3. The highest BCUT2D eigenvalue weighted by molar-refractivity contribution is 5.91. The lowest BCUT2D eigenvalue weighted by Gasteiger charge is -2.10. The summed E-state index contributed by atoms with van der Waals surface area (Å²) in [6.45, 7) is 4.02. The number of fused-ring (bicyclic) bond motifs is 1. The fraction of sp³-hybridized carbons (Fsp3) is 0.160. The summed E-state index contributed by atoms with van der Waals surface area (Å²) >= 11 is 0. The number of hydrogen-bond acceptors (Lipinski definition) is 7. The van der Waals surface area contributed by atoms with E-state index in [4.69, 9.17) is 9.47 Å². The largest absolute Gasteiger partial charge is 0.494 e. The molecular weight excluding hydrogens is 462 g/mol. The number of carbonyl (C=O) groups is 1. The Bertz CT molecular complexity index is 1570. The van der Waals surface area contributed by atoms with Crippen molar-refractivity contribution < 1.29 is 14.3 Å². The van der Waals surface area contributed by atoms with E-state index in [9.17, 15) is 9.59 Å². The molecule has 182 valence electrons. The third kappa shape index (κ3) is 4.67. The highest BCUT2D eigenvalue weighted by atomic mass is 16.5. The molecule has 36 heavy (non-hydrogen) atoms. The average Bonchev–Trinajstić information content (AvgIpc) is 3.48. The number of benzene rings is 2. The van der Waals surface area contributed by atoms with Crippen LogP contribution in [0.3, 0.4) is 0 Å². The molecule has 0 saturated carbocycles. The second-order valence-corrected chi connectivity index (χ2v) is 7.84. The molecule has 3 heterocycles. The fourth-order valence-corrected chi connectivity index (χ4v) is 3.64. The summed E-state index contributed by atoms with van der Waals surface area (Å²) in [6.07, 6.45) is 1.47. The molecule has 0 saturated heterocycles. The molecule has 1 amide bonds. The Labute approximate surface area is 205 Å². The van der Waals surface area contributed by atoms with E-state index in [1.165, 1.54) is 10.9 Å². The maximum atomic E-state index is 12.8. The molecule has 0 atom stereocenters. The van der Waals surface area contributed by atoms with Crippen LogP contribution in [0, 0.1) is 6.92 Å². The molecule has 5 rings (SSSR count). The molecule has 0 unspecified atom stereocenters.